The van der Waals surface area contributed by atoms with Crippen molar-refractivity contribution in [3.05, 3.63) is 78.1 Å². The molecule has 1 fully saturated rings. The maximum atomic E-state index is 13.1. The molecule has 2 aromatic heterocycles. The third-order valence-corrected chi connectivity index (χ3v) is 6.30. The highest BCUT2D eigenvalue weighted by Crippen LogP contribution is 2.29. The standard InChI is InChI=1S/C26H27N5O2/c1-19-17-23(26-28-27-25(33-26)21-9-5-3-6-10-21)20(2)31(19)18-24(32)30-15-13-29(14-16-30)22-11-7-4-8-12-22/h3-12,17H,13-16,18H2,1-2H3. The first-order valence-corrected chi connectivity index (χ1v) is 11.2. The molecule has 0 radical (unpaired) electrons. The van der Waals surface area contributed by atoms with E-state index in [0.717, 1.165) is 48.7 Å². The fourth-order valence-corrected chi connectivity index (χ4v) is 4.38. The van der Waals surface area contributed by atoms with E-state index in [-0.39, 0.29) is 5.91 Å². The van der Waals surface area contributed by atoms with Crippen molar-refractivity contribution in [1.82, 2.24) is 19.7 Å². The van der Waals surface area contributed by atoms with Crippen LogP contribution in [0.1, 0.15) is 11.4 Å². The molecule has 5 rings (SSSR count). The van der Waals surface area contributed by atoms with Crippen LogP contribution in [0.4, 0.5) is 5.69 Å². The van der Waals surface area contributed by atoms with Gasteiger partial charge in [-0.3, -0.25) is 4.79 Å². The zero-order chi connectivity index (χ0) is 22.8. The number of hydrogen-bond acceptors (Lipinski definition) is 5. The molecule has 168 valence electrons. The summed E-state index contributed by atoms with van der Waals surface area (Å²) < 4.78 is 7.98. The Balaban J connectivity index is 1.27. The molecule has 3 heterocycles. The number of hydrogen-bond donors (Lipinski definition) is 0. The van der Waals surface area contributed by atoms with Crippen LogP contribution in [-0.4, -0.2) is 51.8 Å². The van der Waals surface area contributed by atoms with Crippen LogP contribution in [0.25, 0.3) is 22.9 Å². The number of piperazine rings is 1. The number of carbonyl (C=O) groups excluding carboxylic acids is 1. The second-order valence-corrected chi connectivity index (χ2v) is 8.35. The van der Waals surface area contributed by atoms with Gasteiger partial charge in [-0.1, -0.05) is 36.4 Å². The molecule has 1 amide bonds. The van der Waals surface area contributed by atoms with E-state index in [9.17, 15) is 4.79 Å². The van der Waals surface area contributed by atoms with Crippen LogP contribution in [0.2, 0.25) is 0 Å². The monoisotopic (exact) mass is 441 g/mol. The molecule has 2 aromatic carbocycles. The molecule has 0 aliphatic carbocycles. The van der Waals surface area contributed by atoms with Gasteiger partial charge >= 0.3 is 0 Å². The van der Waals surface area contributed by atoms with Crippen molar-refractivity contribution in [3.8, 4) is 22.9 Å². The molecular formula is C26H27N5O2. The van der Waals surface area contributed by atoms with Crippen LogP contribution in [0.3, 0.4) is 0 Å². The van der Waals surface area contributed by atoms with Gasteiger partial charge < -0.3 is 18.8 Å². The summed E-state index contributed by atoms with van der Waals surface area (Å²) >= 11 is 0. The first-order valence-electron chi connectivity index (χ1n) is 11.2. The molecule has 0 unspecified atom stereocenters. The fourth-order valence-electron chi connectivity index (χ4n) is 4.38. The van der Waals surface area contributed by atoms with Crippen molar-refractivity contribution in [2.24, 2.45) is 0 Å². The SMILES string of the molecule is Cc1cc(-c2nnc(-c3ccccc3)o2)c(C)n1CC(=O)N1CCN(c2ccccc2)CC1. The van der Waals surface area contributed by atoms with E-state index in [1.54, 1.807) is 0 Å². The van der Waals surface area contributed by atoms with Gasteiger partial charge in [-0.05, 0) is 44.2 Å². The number of anilines is 1. The number of para-hydroxylation sites is 1. The number of aryl methyl sites for hydroxylation is 1. The molecule has 1 saturated heterocycles. The van der Waals surface area contributed by atoms with Gasteiger partial charge in [-0.2, -0.15) is 0 Å². The molecule has 0 spiro atoms. The van der Waals surface area contributed by atoms with Gasteiger partial charge in [0.15, 0.2) is 0 Å². The Hall–Kier alpha value is -3.87. The second-order valence-electron chi connectivity index (χ2n) is 8.35. The van der Waals surface area contributed by atoms with Crippen LogP contribution in [0, 0.1) is 13.8 Å². The third kappa shape index (κ3) is 4.26. The first kappa shape index (κ1) is 21.0. The van der Waals surface area contributed by atoms with Crippen LogP contribution < -0.4 is 4.90 Å². The molecule has 0 N–H and O–H groups in total. The summed E-state index contributed by atoms with van der Waals surface area (Å²) in [5, 5.41) is 8.46. The molecule has 7 nitrogen and oxygen atoms in total. The summed E-state index contributed by atoms with van der Waals surface area (Å²) in [6.45, 7) is 7.45. The lowest BCUT2D eigenvalue weighted by Crippen LogP contribution is -2.49. The van der Waals surface area contributed by atoms with E-state index in [2.05, 4.69) is 27.2 Å². The van der Waals surface area contributed by atoms with Crippen LogP contribution in [-0.2, 0) is 11.3 Å². The predicted octanol–water partition coefficient (Wildman–Crippen LogP) is 4.17. The summed E-state index contributed by atoms with van der Waals surface area (Å²) in [5.41, 5.74) is 4.91. The Bertz CT molecular complexity index is 1240. The topological polar surface area (TPSA) is 67.4 Å². The van der Waals surface area contributed by atoms with Crippen LogP contribution >= 0.6 is 0 Å². The predicted molar refractivity (Wildman–Crippen MR) is 128 cm³/mol. The Kier molecular flexibility index (Phi) is 5.69. The Labute approximate surface area is 193 Å². The molecule has 0 atom stereocenters. The molecule has 33 heavy (non-hydrogen) atoms. The largest absolute Gasteiger partial charge is 0.416 e. The lowest BCUT2D eigenvalue weighted by molar-refractivity contribution is -0.132. The second kappa shape index (κ2) is 8.94. The van der Waals surface area contributed by atoms with Crippen LogP contribution in [0.15, 0.2) is 71.1 Å². The Morgan fingerprint density at radius 2 is 1.52 bits per heavy atom. The molecule has 7 heteroatoms. The van der Waals surface area contributed by atoms with Crippen molar-refractivity contribution in [2.75, 3.05) is 31.1 Å². The van der Waals surface area contributed by atoms with Crippen molar-refractivity contribution in [1.29, 1.82) is 0 Å². The van der Waals surface area contributed by atoms with Gasteiger partial charge in [0, 0.05) is 48.8 Å². The third-order valence-electron chi connectivity index (χ3n) is 6.30. The smallest absolute Gasteiger partial charge is 0.249 e. The summed E-state index contributed by atoms with van der Waals surface area (Å²) in [6, 6.07) is 22.1. The molecule has 0 bridgehead atoms. The zero-order valence-electron chi connectivity index (χ0n) is 18.9. The summed E-state index contributed by atoms with van der Waals surface area (Å²) in [5.74, 6) is 1.09. The van der Waals surface area contributed by atoms with E-state index in [1.807, 2.05) is 77.9 Å². The Morgan fingerprint density at radius 3 is 2.21 bits per heavy atom. The minimum atomic E-state index is 0.131. The average Bonchev–Trinajstić information content (AvgIpc) is 3.46. The van der Waals surface area contributed by atoms with E-state index in [4.69, 9.17) is 4.42 Å². The lowest BCUT2D eigenvalue weighted by atomic mass is 10.2. The minimum Gasteiger partial charge on any atom is -0.416 e. The maximum Gasteiger partial charge on any atom is 0.249 e. The Morgan fingerprint density at radius 1 is 0.879 bits per heavy atom. The van der Waals surface area contributed by atoms with Crippen molar-refractivity contribution >= 4 is 11.6 Å². The van der Waals surface area contributed by atoms with Gasteiger partial charge in [-0.15, -0.1) is 10.2 Å². The number of benzene rings is 2. The lowest BCUT2D eigenvalue weighted by Gasteiger charge is -2.36. The number of nitrogens with zero attached hydrogens (tertiary/aromatic N) is 5. The van der Waals surface area contributed by atoms with Gasteiger partial charge in [0.1, 0.15) is 6.54 Å². The van der Waals surface area contributed by atoms with E-state index in [1.165, 1.54) is 5.69 Å². The van der Waals surface area contributed by atoms with Crippen molar-refractivity contribution in [2.45, 2.75) is 20.4 Å². The van der Waals surface area contributed by atoms with Gasteiger partial charge in [0.25, 0.3) is 0 Å². The molecule has 4 aromatic rings. The molecule has 0 saturated carbocycles. The van der Waals surface area contributed by atoms with Crippen molar-refractivity contribution in [3.63, 3.8) is 0 Å². The molecule has 1 aliphatic heterocycles. The van der Waals surface area contributed by atoms with E-state index < -0.39 is 0 Å². The molecular weight excluding hydrogens is 414 g/mol. The highest BCUT2D eigenvalue weighted by atomic mass is 16.4. The molecule has 1 aliphatic rings. The quantitative estimate of drug-likeness (QED) is 0.465. The number of carbonyl (C=O) groups is 1. The van der Waals surface area contributed by atoms with Crippen LogP contribution in [0.5, 0.6) is 0 Å². The van der Waals surface area contributed by atoms with Crippen molar-refractivity contribution < 1.29 is 9.21 Å². The zero-order valence-corrected chi connectivity index (χ0v) is 18.9. The average molecular weight is 442 g/mol. The summed E-state index contributed by atoms with van der Waals surface area (Å²) in [6.07, 6.45) is 0. The van der Waals surface area contributed by atoms with Gasteiger partial charge in [0.05, 0.1) is 5.56 Å². The summed E-state index contributed by atoms with van der Waals surface area (Å²) in [7, 11) is 0. The number of amides is 1. The van der Waals surface area contributed by atoms with Gasteiger partial charge in [-0.25, -0.2) is 0 Å². The highest BCUT2D eigenvalue weighted by molar-refractivity contribution is 5.77. The maximum absolute atomic E-state index is 13.1. The fraction of sp³-hybridized carbons (Fsp3) is 0.269. The van der Waals surface area contributed by atoms with Gasteiger partial charge in [0.2, 0.25) is 17.7 Å². The first-order chi connectivity index (χ1) is 16.1. The number of aromatic nitrogens is 3. The number of rotatable bonds is 5. The minimum absolute atomic E-state index is 0.131. The highest BCUT2D eigenvalue weighted by Gasteiger charge is 2.24. The van der Waals surface area contributed by atoms with E-state index in [0.29, 0.717) is 18.3 Å². The van der Waals surface area contributed by atoms with E-state index >= 15 is 0 Å². The summed E-state index contributed by atoms with van der Waals surface area (Å²) in [4.78, 5) is 17.4. The normalized spacial score (nSPS) is 14.0.